The Balaban J connectivity index is 2.46. The van der Waals surface area contributed by atoms with Crippen LogP contribution in [0.25, 0.3) is 0 Å². The van der Waals surface area contributed by atoms with E-state index >= 15 is 0 Å². The second kappa shape index (κ2) is 6.36. The van der Waals surface area contributed by atoms with E-state index in [1.807, 2.05) is 20.9 Å². The van der Waals surface area contributed by atoms with Gasteiger partial charge in [-0.1, -0.05) is 13.8 Å². The molecule has 1 aliphatic heterocycles. The summed E-state index contributed by atoms with van der Waals surface area (Å²) < 4.78 is 0. The van der Waals surface area contributed by atoms with E-state index < -0.39 is 0 Å². The molecule has 1 N–H and O–H groups in total. The van der Waals surface area contributed by atoms with Crippen molar-refractivity contribution in [2.75, 3.05) is 40.3 Å². The fourth-order valence-corrected chi connectivity index (χ4v) is 2.51. The van der Waals surface area contributed by atoms with E-state index in [1.165, 1.54) is 6.42 Å². The molecular weight excluding hydrogens is 216 g/mol. The van der Waals surface area contributed by atoms with Gasteiger partial charge in [0.1, 0.15) is 0 Å². The van der Waals surface area contributed by atoms with Crippen molar-refractivity contribution in [3.05, 3.63) is 0 Å². The van der Waals surface area contributed by atoms with Crippen molar-refractivity contribution in [3.8, 4) is 0 Å². The van der Waals surface area contributed by atoms with E-state index in [2.05, 4.69) is 11.9 Å². The van der Waals surface area contributed by atoms with Crippen LogP contribution in [0.15, 0.2) is 0 Å². The monoisotopic (exact) mass is 242 g/mol. The van der Waals surface area contributed by atoms with Crippen LogP contribution in [0.1, 0.15) is 20.3 Å². The minimum Gasteiger partial charge on any atom is -0.396 e. The van der Waals surface area contributed by atoms with Gasteiger partial charge in [-0.15, -0.1) is 0 Å². The zero-order valence-corrected chi connectivity index (χ0v) is 11.5. The first kappa shape index (κ1) is 14.5. The minimum atomic E-state index is -0.251. The Morgan fingerprint density at radius 1 is 1.53 bits per heavy atom. The molecule has 1 fully saturated rings. The minimum absolute atomic E-state index is 0.0502. The summed E-state index contributed by atoms with van der Waals surface area (Å²) in [6.45, 7) is 6.92. The fourth-order valence-electron chi connectivity index (χ4n) is 2.51. The van der Waals surface area contributed by atoms with E-state index in [0.29, 0.717) is 5.92 Å². The van der Waals surface area contributed by atoms with Gasteiger partial charge in [-0.05, 0) is 31.8 Å². The lowest BCUT2D eigenvalue weighted by atomic mass is 9.95. The number of aliphatic hydroxyl groups is 1. The molecule has 0 spiro atoms. The molecule has 100 valence electrons. The highest BCUT2D eigenvalue weighted by atomic mass is 16.3. The van der Waals surface area contributed by atoms with Crippen LogP contribution in [0.2, 0.25) is 0 Å². The van der Waals surface area contributed by atoms with Gasteiger partial charge in [-0.3, -0.25) is 4.79 Å². The van der Waals surface area contributed by atoms with E-state index in [1.54, 1.807) is 4.90 Å². The molecule has 2 unspecified atom stereocenters. The van der Waals surface area contributed by atoms with E-state index in [-0.39, 0.29) is 24.3 Å². The van der Waals surface area contributed by atoms with Crippen LogP contribution in [0, 0.1) is 17.8 Å². The van der Waals surface area contributed by atoms with Gasteiger partial charge < -0.3 is 14.9 Å². The largest absolute Gasteiger partial charge is 0.396 e. The van der Waals surface area contributed by atoms with Crippen LogP contribution in [0.4, 0.5) is 0 Å². The highest BCUT2D eigenvalue weighted by Gasteiger charge is 2.27. The lowest BCUT2D eigenvalue weighted by Crippen LogP contribution is -2.40. The molecule has 0 aromatic rings. The smallest absolute Gasteiger partial charge is 0.228 e. The van der Waals surface area contributed by atoms with E-state index in [0.717, 1.165) is 19.6 Å². The van der Waals surface area contributed by atoms with Crippen LogP contribution in [0.5, 0.6) is 0 Å². The molecule has 17 heavy (non-hydrogen) atoms. The molecule has 1 saturated heterocycles. The standard InChI is InChI=1S/C13H26N2O2/c1-10(2)12(9-16)13(17)15(4)8-11-5-6-14(3)7-11/h10-12,16H,5-9H2,1-4H3. The summed E-state index contributed by atoms with van der Waals surface area (Å²) in [5, 5.41) is 9.26. The van der Waals surface area contributed by atoms with Crippen LogP contribution in [-0.2, 0) is 4.79 Å². The average molecular weight is 242 g/mol. The number of rotatable bonds is 5. The molecule has 1 heterocycles. The van der Waals surface area contributed by atoms with Crippen LogP contribution < -0.4 is 0 Å². The third-order valence-electron chi connectivity index (χ3n) is 3.72. The summed E-state index contributed by atoms with van der Waals surface area (Å²) >= 11 is 0. The second-order valence-electron chi connectivity index (χ2n) is 5.67. The molecule has 1 rings (SSSR count). The SMILES string of the molecule is CC(C)C(CO)C(=O)N(C)CC1CCN(C)C1. The first-order chi connectivity index (χ1) is 7.95. The molecule has 0 aliphatic carbocycles. The van der Waals surface area contributed by atoms with Crippen molar-refractivity contribution in [1.82, 2.24) is 9.80 Å². The molecule has 0 radical (unpaired) electrons. The average Bonchev–Trinajstić information content (AvgIpc) is 2.64. The number of aliphatic hydroxyl groups excluding tert-OH is 1. The number of carbonyl (C=O) groups excluding carboxylic acids is 1. The summed E-state index contributed by atoms with van der Waals surface area (Å²) in [4.78, 5) is 16.2. The quantitative estimate of drug-likeness (QED) is 0.770. The molecule has 0 aromatic carbocycles. The maximum absolute atomic E-state index is 12.1. The van der Waals surface area contributed by atoms with Gasteiger partial charge in [0.25, 0.3) is 0 Å². The maximum Gasteiger partial charge on any atom is 0.228 e. The Hall–Kier alpha value is -0.610. The summed E-state index contributed by atoms with van der Waals surface area (Å²) in [5.41, 5.74) is 0. The molecule has 1 aliphatic rings. The number of hydrogen-bond donors (Lipinski definition) is 1. The van der Waals surface area contributed by atoms with Gasteiger partial charge in [0.05, 0.1) is 12.5 Å². The molecule has 0 saturated carbocycles. The highest BCUT2D eigenvalue weighted by molar-refractivity contribution is 5.78. The van der Waals surface area contributed by atoms with Crippen molar-refractivity contribution in [1.29, 1.82) is 0 Å². The third-order valence-corrected chi connectivity index (χ3v) is 3.72. The molecule has 2 atom stereocenters. The Kier molecular flexibility index (Phi) is 5.40. The van der Waals surface area contributed by atoms with E-state index in [4.69, 9.17) is 0 Å². The number of amides is 1. The lowest BCUT2D eigenvalue weighted by molar-refractivity contribution is -0.137. The van der Waals surface area contributed by atoms with Crippen LogP contribution in [-0.4, -0.2) is 61.2 Å². The summed E-state index contributed by atoms with van der Waals surface area (Å²) in [5.74, 6) is 0.609. The summed E-state index contributed by atoms with van der Waals surface area (Å²) in [6, 6.07) is 0. The molecule has 4 heteroatoms. The number of carbonyl (C=O) groups is 1. The predicted molar refractivity (Wildman–Crippen MR) is 68.7 cm³/mol. The van der Waals surface area contributed by atoms with Crippen LogP contribution >= 0.6 is 0 Å². The Bertz CT molecular complexity index is 256. The number of hydrogen-bond acceptors (Lipinski definition) is 3. The zero-order valence-electron chi connectivity index (χ0n) is 11.5. The van der Waals surface area contributed by atoms with Gasteiger partial charge in [0.15, 0.2) is 0 Å². The summed E-state index contributed by atoms with van der Waals surface area (Å²) in [6.07, 6.45) is 1.17. The molecular formula is C13H26N2O2. The van der Waals surface area contributed by atoms with Gasteiger partial charge in [-0.2, -0.15) is 0 Å². The zero-order chi connectivity index (χ0) is 13.0. The van der Waals surface area contributed by atoms with Crippen molar-refractivity contribution in [3.63, 3.8) is 0 Å². The van der Waals surface area contributed by atoms with Gasteiger partial charge in [0.2, 0.25) is 5.91 Å². The Morgan fingerprint density at radius 3 is 2.59 bits per heavy atom. The van der Waals surface area contributed by atoms with Crippen molar-refractivity contribution in [2.45, 2.75) is 20.3 Å². The number of likely N-dealkylation sites (tertiary alicyclic amines) is 1. The maximum atomic E-state index is 12.1. The van der Waals surface area contributed by atoms with Crippen LogP contribution in [0.3, 0.4) is 0 Å². The first-order valence-corrected chi connectivity index (χ1v) is 6.50. The van der Waals surface area contributed by atoms with E-state index in [9.17, 15) is 9.90 Å². The summed E-state index contributed by atoms with van der Waals surface area (Å²) in [7, 11) is 3.97. The lowest BCUT2D eigenvalue weighted by Gasteiger charge is -2.27. The van der Waals surface area contributed by atoms with Gasteiger partial charge >= 0.3 is 0 Å². The Labute approximate surface area is 105 Å². The van der Waals surface area contributed by atoms with Gasteiger partial charge in [0, 0.05) is 20.1 Å². The van der Waals surface area contributed by atoms with Crippen molar-refractivity contribution >= 4 is 5.91 Å². The highest BCUT2D eigenvalue weighted by Crippen LogP contribution is 2.18. The van der Waals surface area contributed by atoms with Crippen molar-refractivity contribution < 1.29 is 9.90 Å². The normalized spacial score (nSPS) is 23.1. The molecule has 0 aromatic heterocycles. The topological polar surface area (TPSA) is 43.8 Å². The Morgan fingerprint density at radius 2 is 2.18 bits per heavy atom. The van der Waals surface area contributed by atoms with Crippen molar-refractivity contribution in [2.24, 2.45) is 17.8 Å². The fraction of sp³-hybridized carbons (Fsp3) is 0.923. The third kappa shape index (κ3) is 3.96. The second-order valence-corrected chi connectivity index (χ2v) is 5.67. The molecule has 1 amide bonds. The first-order valence-electron chi connectivity index (χ1n) is 6.50. The predicted octanol–water partition coefficient (Wildman–Crippen LogP) is 0.661. The molecule has 4 nitrogen and oxygen atoms in total. The number of nitrogens with zero attached hydrogens (tertiary/aromatic N) is 2. The van der Waals surface area contributed by atoms with Gasteiger partial charge in [-0.25, -0.2) is 0 Å². The molecule has 0 bridgehead atoms.